The summed E-state index contributed by atoms with van der Waals surface area (Å²) in [6.45, 7) is 2.17. The van der Waals surface area contributed by atoms with E-state index in [1.54, 1.807) is 0 Å². The van der Waals surface area contributed by atoms with Crippen LogP contribution in [-0.4, -0.2) is 11.1 Å². The molecule has 0 amide bonds. The zero-order valence-corrected chi connectivity index (χ0v) is 30.0. The summed E-state index contributed by atoms with van der Waals surface area (Å²) in [5.41, 5.74) is 0. The minimum atomic E-state index is -0.656. The molecule has 0 rings (SSSR count). The predicted molar refractivity (Wildman–Crippen MR) is 206 cm³/mol. The maximum Gasteiger partial charge on any atom is 0.303 e. The van der Waals surface area contributed by atoms with Crippen molar-refractivity contribution in [2.45, 2.75) is 174 Å². The Morgan fingerprint density at radius 3 is 0.870 bits per heavy atom. The molecule has 0 aromatic rings. The van der Waals surface area contributed by atoms with Gasteiger partial charge in [-0.15, -0.1) is 0 Å². The number of allylic oxidation sites excluding steroid dienone is 16. The molecule has 0 radical (unpaired) electrons. The molecule has 2 heteroatoms. The molecule has 0 fully saturated rings. The van der Waals surface area contributed by atoms with Crippen LogP contribution in [0.4, 0.5) is 0 Å². The highest BCUT2D eigenvalue weighted by Gasteiger charge is 1.97. The van der Waals surface area contributed by atoms with Crippen molar-refractivity contribution in [3.63, 3.8) is 0 Å². The van der Waals surface area contributed by atoms with Crippen LogP contribution in [0.15, 0.2) is 97.2 Å². The summed E-state index contributed by atoms with van der Waals surface area (Å²) in [7, 11) is 0. The van der Waals surface area contributed by atoms with Crippen LogP contribution in [0.2, 0.25) is 0 Å². The molecular weight excluding hydrogens is 560 g/mol. The second-order valence-electron chi connectivity index (χ2n) is 12.4. The standard InChI is InChI=1S/C44H72O2/c1-2-3-4-5-6-7-8-9-10-11-12-13-14-15-16-17-18-19-20-21-22-23-24-25-26-27-28-29-30-31-32-33-34-35-36-37-38-39-40-41-42-43-44(45)46/h3-4,6-7,9-10,12-13,15-16,18-19,21-22,24-25H,2,5,8,11,14,17,20,23,26-43H2,1H3,(H,45,46)/b4-3-,7-6-,10-9-,13-12-,16-15-,19-18-,22-21-,25-24-. The lowest BCUT2D eigenvalue weighted by atomic mass is 10.0. The van der Waals surface area contributed by atoms with Crippen LogP contribution in [0.3, 0.4) is 0 Å². The van der Waals surface area contributed by atoms with E-state index in [-0.39, 0.29) is 0 Å². The Morgan fingerprint density at radius 1 is 0.348 bits per heavy atom. The van der Waals surface area contributed by atoms with E-state index >= 15 is 0 Å². The van der Waals surface area contributed by atoms with Gasteiger partial charge in [-0.25, -0.2) is 0 Å². The summed E-state index contributed by atoms with van der Waals surface area (Å²) in [5, 5.41) is 8.64. The van der Waals surface area contributed by atoms with Crippen molar-refractivity contribution in [1.82, 2.24) is 0 Å². The fraction of sp³-hybridized carbons (Fsp3) is 0.614. The molecule has 0 heterocycles. The zero-order chi connectivity index (χ0) is 33.3. The van der Waals surface area contributed by atoms with E-state index < -0.39 is 5.97 Å². The van der Waals surface area contributed by atoms with Crippen molar-refractivity contribution < 1.29 is 9.90 Å². The van der Waals surface area contributed by atoms with Crippen molar-refractivity contribution in [2.24, 2.45) is 0 Å². The highest BCUT2D eigenvalue weighted by molar-refractivity contribution is 5.66. The van der Waals surface area contributed by atoms with E-state index in [4.69, 9.17) is 5.11 Å². The molecular formula is C44H72O2. The van der Waals surface area contributed by atoms with Crippen LogP contribution in [0, 0.1) is 0 Å². The number of aliphatic carboxylic acids is 1. The molecule has 0 bridgehead atoms. The molecule has 0 aromatic heterocycles. The first-order valence-electron chi connectivity index (χ1n) is 19.2. The second-order valence-corrected chi connectivity index (χ2v) is 12.4. The smallest absolute Gasteiger partial charge is 0.303 e. The molecule has 0 unspecified atom stereocenters. The van der Waals surface area contributed by atoms with Gasteiger partial charge in [0.2, 0.25) is 0 Å². The highest BCUT2D eigenvalue weighted by atomic mass is 16.4. The minimum Gasteiger partial charge on any atom is -0.481 e. The van der Waals surface area contributed by atoms with Gasteiger partial charge in [-0.2, -0.15) is 0 Å². The lowest BCUT2D eigenvalue weighted by molar-refractivity contribution is -0.137. The molecule has 0 aromatic carbocycles. The molecule has 2 nitrogen and oxygen atoms in total. The van der Waals surface area contributed by atoms with Crippen LogP contribution < -0.4 is 0 Å². The summed E-state index contributed by atoms with van der Waals surface area (Å²) in [6.07, 6.45) is 67.0. The van der Waals surface area contributed by atoms with Crippen molar-refractivity contribution in [2.75, 3.05) is 0 Å². The van der Waals surface area contributed by atoms with Gasteiger partial charge >= 0.3 is 5.97 Å². The third-order valence-electron chi connectivity index (χ3n) is 7.99. The Hall–Kier alpha value is -2.61. The Morgan fingerprint density at radius 2 is 0.587 bits per heavy atom. The van der Waals surface area contributed by atoms with E-state index in [1.165, 1.54) is 96.3 Å². The molecule has 0 atom stereocenters. The Kier molecular flexibility index (Phi) is 38.1. The van der Waals surface area contributed by atoms with E-state index in [1.807, 2.05) is 0 Å². The van der Waals surface area contributed by atoms with Gasteiger partial charge in [0.25, 0.3) is 0 Å². The normalized spacial score (nSPS) is 12.9. The third-order valence-corrected chi connectivity index (χ3v) is 7.99. The van der Waals surface area contributed by atoms with Crippen molar-refractivity contribution in [3.05, 3.63) is 97.2 Å². The van der Waals surface area contributed by atoms with Gasteiger partial charge in [0, 0.05) is 6.42 Å². The lowest BCUT2D eigenvalue weighted by Gasteiger charge is -2.03. The van der Waals surface area contributed by atoms with Gasteiger partial charge in [0.15, 0.2) is 0 Å². The zero-order valence-electron chi connectivity index (χ0n) is 30.0. The number of carboxylic acids is 1. The van der Waals surface area contributed by atoms with E-state index in [9.17, 15) is 4.79 Å². The first kappa shape index (κ1) is 43.4. The Balaban J connectivity index is 3.37. The van der Waals surface area contributed by atoms with Crippen LogP contribution in [-0.2, 0) is 4.79 Å². The molecule has 0 aliphatic carbocycles. The van der Waals surface area contributed by atoms with Gasteiger partial charge in [-0.1, -0.05) is 194 Å². The SMILES string of the molecule is CC/C=C\C/C=C\C/C=C\C/C=C\C/C=C\C/C=C\C/C=C\C/C=C\CCCCCCCCCCCCCCCCCCC(=O)O. The van der Waals surface area contributed by atoms with Crippen molar-refractivity contribution >= 4 is 5.97 Å². The van der Waals surface area contributed by atoms with Crippen LogP contribution in [0.25, 0.3) is 0 Å². The number of rotatable bonds is 34. The van der Waals surface area contributed by atoms with Crippen LogP contribution >= 0.6 is 0 Å². The average Bonchev–Trinajstić information content (AvgIpc) is 3.05. The monoisotopic (exact) mass is 633 g/mol. The Bertz CT molecular complexity index is 864. The largest absolute Gasteiger partial charge is 0.481 e. The van der Waals surface area contributed by atoms with E-state index in [0.29, 0.717) is 6.42 Å². The number of carboxylic acid groups (broad SMARTS) is 1. The van der Waals surface area contributed by atoms with Crippen LogP contribution in [0.5, 0.6) is 0 Å². The summed E-state index contributed by atoms with van der Waals surface area (Å²) < 4.78 is 0. The van der Waals surface area contributed by atoms with Gasteiger partial charge in [0.05, 0.1) is 0 Å². The summed E-state index contributed by atoms with van der Waals surface area (Å²) in [4.78, 5) is 10.5. The van der Waals surface area contributed by atoms with Gasteiger partial charge in [-0.3, -0.25) is 4.79 Å². The molecule has 1 N–H and O–H groups in total. The van der Waals surface area contributed by atoms with Gasteiger partial charge in [0.1, 0.15) is 0 Å². The van der Waals surface area contributed by atoms with Gasteiger partial charge in [-0.05, 0) is 70.6 Å². The highest BCUT2D eigenvalue weighted by Crippen LogP contribution is 2.14. The second kappa shape index (κ2) is 40.4. The maximum absolute atomic E-state index is 10.5. The molecule has 0 saturated heterocycles. The topological polar surface area (TPSA) is 37.3 Å². The van der Waals surface area contributed by atoms with Crippen LogP contribution in [0.1, 0.15) is 174 Å². The number of hydrogen-bond donors (Lipinski definition) is 1. The van der Waals surface area contributed by atoms with E-state index in [2.05, 4.69) is 104 Å². The molecule has 0 aliphatic rings. The molecule has 0 aliphatic heterocycles. The fourth-order valence-corrected chi connectivity index (χ4v) is 5.19. The quantitative estimate of drug-likeness (QED) is 0.0566. The van der Waals surface area contributed by atoms with Gasteiger partial charge < -0.3 is 5.11 Å². The predicted octanol–water partition coefficient (Wildman–Crippen LogP) is 14.7. The minimum absolute atomic E-state index is 0.336. The number of carbonyl (C=O) groups is 1. The average molecular weight is 633 g/mol. The van der Waals surface area contributed by atoms with E-state index in [0.717, 1.165) is 64.2 Å². The first-order valence-corrected chi connectivity index (χ1v) is 19.2. The summed E-state index contributed by atoms with van der Waals surface area (Å²) >= 11 is 0. The fourth-order valence-electron chi connectivity index (χ4n) is 5.19. The molecule has 0 spiro atoms. The first-order chi connectivity index (χ1) is 22.8. The van der Waals surface area contributed by atoms with Crippen molar-refractivity contribution in [3.8, 4) is 0 Å². The summed E-state index contributed by atoms with van der Waals surface area (Å²) in [6, 6.07) is 0. The maximum atomic E-state index is 10.5. The summed E-state index contributed by atoms with van der Waals surface area (Å²) in [5.74, 6) is -0.656. The molecule has 260 valence electrons. The third kappa shape index (κ3) is 41.4. The number of hydrogen-bond acceptors (Lipinski definition) is 1. The van der Waals surface area contributed by atoms with Crippen molar-refractivity contribution in [1.29, 1.82) is 0 Å². The lowest BCUT2D eigenvalue weighted by Crippen LogP contribution is -1.93. The number of unbranched alkanes of at least 4 members (excludes halogenated alkanes) is 16. The molecule has 46 heavy (non-hydrogen) atoms. The molecule has 0 saturated carbocycles. The Labute approximate surface area is 286 Å².